The highest BCUT2D eigenvalue weighted by Gasteiger charge is 2.34. The number of carbonyl (C=O) groups excluding carboxylic acids is 2. The Labute approximate surface area is 113 Å². The summed E-state index contributed by atoms with van der Waals surface area (Å²) in [6.45, 7) is 4.96. The molecule has 0 bridgehead atoms. The lowest BCUT2D eigenvalue weighted by molar-refractivity contribution is -0.129. The topological polar surface area (TPSA) is 49.4 Å². The van der Waals surface area contributed by atoms with Gasteiger partial charge in [0, 0.05) is 25.6 Å². The lowest BCUT2D eigenvalue weighted by Crippen LogP contribution is -2.36. The van der Waals surface area contributed by atoms with Crippen molar-refractivity contribution in [2.75, 3.05) is 6.54 Å². The van der Waals surface area contributed by atoms with Crippen LogP contribution in [-0.4, -0.2) is 29.3 Å². The smallest absolute Gasteiger partial charge is 0.225 e. The zero-order valence-corrected chi connectivity index (χ0v) is 11.4. The van der Waals surface area contributed by atoms with Crippen LogP contribution in [0.1, 0.15) is 25.8 Å². The van der Waals surface area contributed by atoms with Gasteiger partial charge in [0.2, 0.25) is 11.8 Å². The number of rotatable bonds is 4. The van der Waals surface area contributed by atoms with Gasteiger partial charge in [0.1, 0.15) is 0 Å². The minimum atomic E-state index is -0.210. The van der Waals surface area contributed by atoms with Crippen molar-refractivity contribution in [1.29, 1.82) is 0 Å². The Morgan fingerprint density at radius 1 is 1.37 bits per heavy atom. The molecule has 102 valence electrons. The molecule has 0 unspecified atom stereocenters. The van der Waals surface area contributed by atoms with Gasteiger partial charge in [0.25, 0.3) is 0 Å². The molecule has 1 fully saturated rings. The van der Waals surface area contributed by atoms with E-state index in [4.69, 9.17) is 0 Å². The normalized spacial score (nSPS) is 19.0. The Hall–Kier alpha value is -1.84. The van der Waals surface area contributed by atoms with Crippen LogP contribution in [0.5, 0.6) is 0 Å². The first-order valence-corrected chi connectivity index (χ1v) is 6.68. The zero-order valence-electron chi connectivity index (χ0n) is 11.4. The van der Waals surface area contributed by atoms with Crippen molar-refractivity contribution in [3.05, 3.63) is 35.9 Å². The Bertz CT molecular complexity index is 456. The number of benzene rings is 1. The molecule has 1 aliphatic heterocycles. The summed E-state index contributed by atoms with van der Waals surface area (Å²) in [5.41, 5.74) is 1.10. The van der Waals surface area contributed by atoms with E-state index < -0.39 is 0 Å². The summed E-state index contributed by atoms with van der Waals surface area (Å²) in [5.74, 6) is -0.162. The molecule has 1 aromatic carbocycles. The number of nitrogens with zero attached hydrogens (tertiary/aromatic N) is 1. The number of likely N-dealkylation sites (tertiary alicyclic amines) is 1. The van der Waals surface area contributed by atoms with Gasteiger partial charge in [-0.15, -0.1) is 0 Å². The summed E-state index contributed by atoms with van der Waals surface area (Å²) in [4.78, 5) is 25.6. The minimum absolute atomic E-state index is 0.0149. The standard InChI is InChI=1S/C15H20N2O2/c1-11(2)16-15(19)13-8-14(18)17(10-13)9-12-6-4-3-5-7-12/h3-7,11,13H,8-10H2,1-2H3,(H,16,19)/t13-/m0/s1. The molecule has 1 N–H and O–H groups in total. The molecular weight excluding hydrogens is 240 g/mol. The molecule has 1 atom stereocenters. The summed E-state index contributed by atoms with van der Waals surface area (Å²) >= 11 is 0. The second kappa shape index (κ2) is 5.87. The summed E-state index contributed by atoms with van der Waals surface area (Å²) in [6, 6.07) is 9.97. The molecule has 2 rings (SSSR count). The maximum atomic E-state index is 11.9. The first kappa shape index (κ1) is 13.6. The van der Waals surface area contributed by atoms with Gasteiger partial charge >= 0.3 is 0 Å². The molecular formula is C15H20N2O2. The summed E-state index contributed by atoms with van der Waals surface area (Å²) < 4.78 is 0. The quantitative estimate of drug-likeness (QED) is 0.893. The first-order valence-electron chi connectivity index (χ1n) is 6.68. The average Bonchev–Trinajstić information content (AvgIpc) is 2.72. The maximum Gasteiger partial charge on any atom is 0.225 e. The number of hydrogen-bond donors (Lipinski definition) is 1. The summed E-state index contributed by atoms with van der Waals surface area (Å²) in [7, 11) is 0. The fraction of sp³-hybridized carbons (Fsp3) is 0.467. The second-order valence-electron chi connectivity index (χ2n) is 5.32. The van der Waals surface area contributed by atoms with Crippen LogP contribution < -0.4 is 5.32 Å². The molecule has 0 spiro atoms. The Balaban J connectivity index is 1.94. The molecule has 0 radical (unpaired) electrons. The van der Waals surface area contributed by atoms with Gasteiger partial charge in [-0.25, -0.2) is 0 Å². The molecule has 19 heavy (non-hydrogen) atoms. The molecule has 0 aliphatic carbocycles. The molecule has 1 saturated heterocycles. The van der Waals surface area contributed by atoms with Crippen LogP contribution >= 0.6 is 0 Å². The van der Waals surface area contributed by atoms with Crippen molar-refractivity contribution in [3.63, 3.8) is 0 Å². The number of hydrogen-bond acceptors (Lipinski definition) is 2. The summed E-state index contributed by atoms with van der Waals surface area (Å²) in [5, 5.41) is 2.87. The van der Waals surface area contributed by atoms with Crippen LogP contribution in [0.25, 0.3) is 0 Å². The number of amides is 2. The predicted molar refractivity (Wildman–Crippen MR) is 73.2 cm³/mol. The van der Waals surface area contributed by atoms with E-state index >= 15 is 0 Å². The first-order chi connectivity index (χ1) is 9.06. The van der Waals surface area contributed by atoms with Gasteiger partial charge in [-0.05, 0) is 19.4 Å². The maximum absolute atomic E-state index is 11.9. The Morgan fingerprint density at radius 2 is 2.05 bits per heavy atom. The van der Waals surface area contributed by atoms with E-state index in [9.17, 15) is 9.59 Å². The average molecular weight is 260 g/mol. The van der Waals surface area contributed by atoms with Gasteiger partial charge in [-0.3, -0.25) is 9.59 Å². The van der Waals surface area contributed by atoms with Crippen molar-refractivity contribution in [3.8, 4) is 0 Å². The van der Waals surface area contributed by atoms with E-state index in [-0.39, 0.29) is 23.8 Å². The largest absolute Gasteiger partial charge is 0.354 e. The highest BCUT2D eigenvalue weighted by molar-refractivity contribution is 5.89. The molecule has 1 aliphatic rings. The van der Waals surface area contributed by atoms with E-state index in [0.29, 0.717) is 19.5 Å². The minimum Gasteiger partial charge on any atom is -0.354 e. The third-order valence-electron chi connectivity index (χ3n) is 3.23. The van der Waals surface area contributed by atoms with Crippen molar-refractivity contribution in [2.24, 2.45) is 5.92 Å². The SMILES string of the molecule is CC(C)NC(=O)[C@H]1CC(=O)N(Cc2ccccc2)C1. The molecule has 4 heteroatoms. The van der Waals surface area contributed by atoms with Crippen LogP contribution in [0, 0.1) is 5.92 Å². The molecule has 1 heterocycles. The molecule has 1 aromatic rings. The monoisotopic (exact) mass is 260 g/mol. The van der Waals surface area contributed by atoms with Gasteiger partial charge < -0.3 is 10.2 Å². The number of nitrogens with one attached hydrogen (secondary N) is 1. The van der Waals surface area contributed by atoms with Crippen LogP contribution in [0.3, 0.4) is 0 Å². The molecule has 4 nitrogen and oxygen atoms in total. The fourth-order valence-corrected chi connectivity index (χ4v) is 2.31. The second-order valence-corrected chi connectivity index (χ2v) is 5.32. The van der Waals surface area contributed by atoms with Gasteiger partial charge in [-0.1, -0.05) is 30.3 Å². The molecule has 0 saturated carbocycles. The lowest BCUT2D eigenvalue weighted by atomic mass is 10.1. The lowest BCUT2D eigenvalue weighted by Gasteiger charge is -2.17. The van der Waals surface area contributed by atoms with Crippen molar-refractivity contribution in [2.45, 2.75) is 32.9 Å². The highest BCUT2D eigenvalue weighted by Crippen LogP contribution is 2.20. The van der Waals surface area contributed by atoms with E-state index in [1.54, 1.807) is 4.90 Å². The van der Waals surface area contributed by atoms with Crippen molar-refractivity contribution in [1.82, 2.24) is 10.2 Å². The van der Waals surface area contributed by atoms with E-state index in [1.165, 1.54) is 0 Å². The molecule has 0 aromatic heterocycles. The van der Waals surface area contributed by atoms with Crippen LogP contribution in [0.4, 0.5) is 0 Å². The van der Waals surface area contributed by atoms with E-state index in [2.05, 4.69) is 5.32 Å². The Morgan fingerprint density at radius 3 is 2.68 bits per heavy atom. The van der Waals surface area contributed by atoms with Crippen LogP contribution in [0.2, 0.25) is 0 Å². The number of carbonyl (C=O) groups is 2. The van der Waals surface area contributed by atoms with Crippen LogP contribution in [0.15, 0.2) is 30.3 Å². The van der Waals surface area contributed by atoms with Gasteiger partial charge in [0.05, 0.1) is 5.92 Å². The van der Waals surface area contributed by atoms with Crippen LogP contribution in [-0.2, 0) is 16.1 Å². The predicted octanol–water partition coefficient (Wildman–Crippen LogP) is 1.56. The van der Waals surface area contributed by atoms with Crippen molar-refractivity contribution < 1.29 is 9.59 Å². The third-order valence-corrected chi connectivity index (χ3v) is 3.23. The van der Waals surface area contributed by atoms with Gasteiger partial charge in [0.15, 0.2) is 0 Å². The van der Waals surface area contributed by atoms with E-state index in [0.717, 1.165) is 5.56 Å². The van der Waals surface area contributed by atoms with Gasteiger partial charge in [-0.2, -0.15) is 0 Å². The molecule has 2 amide bonds. The highest BCUT2D eigenvalue weighted by atomic mass is 16.2. The Kier molecular flexibility index (Phi) is 4.20. The zero-order chi connectivity index (χ0) is 13.8. The van der Waals surface area contributed by atoms with Crippen molar-refractivity contribution >= 4 is 11.8 Å². The van der Waals surface area contributed by atoms with E-state index in [1.807, 2.05) is 44.2 Å². The summed E-state index contributed by atoms with van der Waals surface area (Å²) in [6.07, 6.45) is 0.325. The fourth-order valence-electron chi connectivity index (χ4n) is 2.31. The third kappa shape index (κ3) is 3.56.